The van der Waals surface area contributed by atoms with Crippen LogP contribution in [0.15, 0.2) is 18.2 Å². The molecule has 1 aliphatic heterocycles. The van der Waals surface area contributed by atoms with Gasteiger partial charge in [0.25, 0.3) is 0 Å². The molecular formula is C17H26O2. The Balaban J connectivity index is 2.03. The Kier molecular flexibility index (Phi) is 4.87. The van der Waals surface area contributed by atoms with Gasteiger partial charge in [-0.1, -0.05) is 26.8 Å². The van der Waals surface area contributed by atoms with Crippen LogP contribution in [-0.2, 0) is 17.6 Å². The summed E-state index contributed by atoms with van der Waals surface area (Å²) in [6.45, 7) is 9.47. The third-order valence-electron chi connectivity index (χ3n) is 4.00. The third kappa shape index (κ3) is 3.50. The highest BCUT2D eigenvalue weighted by atomic mass is 16.6. The second-order valence-corrected chi connectivity index (χ2v) is 5.45. The Hall–Kier alpha value is -1.02. The van der Waals surface area contributed by atoms with Crippen LogP contribution in [-0.4, -0.2) is 18.8 Å². The predicted molar refractivity (Wildman–Crippen MR) is 78.8 cm³/mol. The molecule has 2 nitrogen and oxygen atoms in total. The Bertz CT molecular complexity index is 414. The molecule has 1 aromatic rings. The Labute approximate surface area is 117 Å². The smallest absolute Gasteiger partial charge is 0.119 e. The summed E-state index contributed by atoms with van der Waals surface area (Å²) < 4.78 is 11.3. The van der Waals surface area contributed by atoms with Gasteiger partial charge in [0, 0.05) is 0 Å². The first-order valence-electron chi connectivity index (χ1n) is 7.59. The molecule has 3 atom stereocenters. The molecule has 1 aliphatic rings. The average Bonchev–Trinajstić information content (AvgIpc) is 3.20. The van der Waals surface area contributed by atoms with Crippen LogP contribution in [0.2, 0.25) is 0 Å². The van der Waals surface area contributed by atoms with Crippen molar-refractivity contribution in [2.45, 2.75) is 59.2 Å². The number of epoxide rings is 1. The van der Waals surface area contributed by atoms with Gasteiger partial charge in [-0.3, -0.25) is 0 Å². The molecule has 0 radical (unpaired) electrons. The molecule has 0 N–H and O–H groups in total. The molecular weight excluding hydrogens is 236 g/mol. The van der Waals surface area contributed by atoms with E-state index in [0.29, 0.717) is 18.1 Å². The van der Waals surface area contributed by atoms with Crippen LogP contribution in [0.25, 0.3) is 0 Å². The van der Waals surface area contributed by atoms with E-state index in [4.69, 9.17) is 9.47 Å². The molecule has 1 fully saturated rings. The molecule has 0 spiro atoms. The third-order valence-corrected chi connectivity index (χ3v) is 4.00. The molecule has 0 bridgehead atoms. The fourth-order valence-electron chi connectivity index (χ4n) is 2.84. The molecule has 3 unspecified atom stereocenters. The molecule has 2 rings (SSSR count). The summed E-state index contributed by atoms with van der Waals surface area (Å²) in [7, 11) is 0. The number of aryl methyl sites for hydroxylation is 1. The second kappa shape index (κ2) is 6.42. The predicted octanol–water partition coefficient (Wildman–Crippen LogP) is 4.00. The van der Waals surface area contributed by atoms with Crippen molar-refractivity contribution in [2.75, 3.05) is 6.61 Å². The quantitative estimate of drug-likeness (QED) is 0.693. The monoisotopic (exact) mass is 262 g/mol. The number of hydrogen-bond acceptors (Lipinski definition) is 2. The molecule has 19 heavy (non-hydrogen) atoms. The van der Waals surface area contributed by atoms with E-state index in [1.807, 2.05) is 6.92 Å². The van der Waals surface area contributed by atoms with Crippen molar-refractivity contribution in [3.8, 4) is 5.75 Å². The van der Waals surface area contributed by atoms with Crippen LogP contribution in [0, 0.1) is 5.92 Å². The Morgan fingerprint density at radius 3 is 2.58 bits per heavy atom. The first-order valence-corrected chi connectivity index (χ1v) is 7.59. The maximum atomic E-state index is 5.71. The first kappa shape index (κ1) is 14.4. The number of benzene rings is 1. The Morgan fingerprint density at radius 2 is 2.00 bits per heavy atom. The largest absolute Gasteiger partial charge is 0.494 e. The van der Waals surface area contributed by atoms with Gasteiger partial charge in [0.1, 0.15) is 5.75 Å². The lowest BCUT2D eigenvalue weighted by atomic mass is 9.92. The average molecular weight is 262 g/mol. The van der Waals surface area contributed by atoms with E-state index < -0.39 is 0 Å². The number of rotatable bonds is 7. The van der Waals surface area contributed by atoms with Crippen molar-refractivity contribution < 1.29 is 9.47 Å². The van der Waals surface area contributed by atoms with Gasteiger partial charge < -0.3 is 9.47 Å². The minimum Gasteiger partial charge on any atom is -0.494 e. The molecule has 0 amide bonds. The van der Waals surface area contributed by atoms with Gasteiger partial charge >= 0.3 is 0 Å². The second-order valence-electron chi connectivity index (χ2n) is 5.45. The van der Waals surface area contributed by atoms with E-state index in [9.17, 15) is 0 Å². The maximum absolute atomic E-state index is 5.71. The Morgan fingerprint density at radius 1 is 1.21 bits per heavy atom. The zero-order valence-corrected chi connectivity index (χ0v) is 12.6. The molecule has 0 aromatic heterocycles. The summed E-state index contributed by atoms with van der Waals surface area (Å²) in [6, 6.07) is 6.51. The fourth-order valence-corrected chi connectivity index (χ4v) is 2.84. The summed E-state index contributed by atoms with van der Waals surface area (Å²) >= 11 is 0. The van der Waals surface area contributed by atoms with E-state index in [1.54, 1.807) is 0 Å². The highest BCUT2D eigenvalue weighted by molar-refractivity contribution is 5.36. The zero-order valence-electron chi connectivity index (χ0n) is 12.6. The molecule has 106 valence electrons. The van der Waals surface area contributed by atoms with Crippen LogP contribution < -0.4 is 4.74 Å². The lowest BCUT2D eigenvalue weighted by molar-refractivity contribution is 0.322. The van der Waals surface area contributed by atoms with Gasteiger partial charge in [0.05, 0.1) is 18.8 Å². The van der Waals surface area contributed by atoms with E-state index in [1.165, 1.54) is 11.1 Å². The first-order chi connectivity index (χ1) is 9.19. The van der Waals surface area contributed by atoms with Crippen molar-refractivity contribution in [3.63, 3.8) is 0 Å². The summed E-state index contributed by atoms with van der Waals surface area (Å²) in [6.07, 6.45) is 4.28. The lowest BCUT2D eigenvalue weighted by Crippen LogP contribution is -2.11. The van der Waals surface area contributed by atoms with Crippen LogP contribution in [0.3, 0.4) is 0 Å². The SMILES string of the molecule is CCOc1ccc(CC(C)C2OC2CC)c(CC)c1. The van der Waals surface area contributed by atoms with E-state index in [2.05, 4.69) is 39.0 Å². The van der Waals surface area contributed by atoms with Gasteiger partial charge in [-0.2, -0.15) is 0 Å². The number of hydrogen-bond donors (Lipinski definition) is 0. The maximum Gasteiger partial charge on any atom is 0.119 e. The summed E-state index contributed by atoms with van der Waals surface area (Å²) in [5.74, 6) is 1.60. The van der Waals surface area contributed by atoms with Gasteiger partial charge in [-0.15, -0.1) is 0 Å². The summed E-state index contributed by atoms with van der Waals surface area (Å²) in [4.78, 5) is 0. The molecule has 0 aliphatic carbocycles. The minimum absolute atomic E-state index is 0.473. The van der Waals surface area contributed by atoms with Gasteiger partial charge in [0.15, 0.2) is 0 Å². The van der Waals surface area contributed by atoms with Crippen molar-refractivity contribution in [2.24, 2.45) is 5.92 Å². The normalized spacial score (nSPS) is 23.2. The van der Waals surface area contributed by atoms with Gasteiger partial charge in [0.2, 0.25) is 0 Å². The molecule has 0 saturated carbocycles. The van der Waals surface area contributed by atoms with Crippen LogP contribution >= 0.6 is 0 Å². The highest BCUT2D eigenvalue weighted by Gasteiger charge is 2.41. The van der Waals surface area contributed by atoms with Crippen molar-refractivity contribution >= 4 is 0 Å². The van der Waals surface area contributed by atoms with E-state index in [-0.39, 0.29) is 0 Å². The minimum atomic E-state index is 0.473. The zero-order chi connectivity index (χ0) is 13.8. The topological polar surface area (TPSA) is 21.8 Å². The number of ether oxygens (including phenoxy) is 2. The van der Waals surface area contributed by atoms with Gasteiger partial charge in [-0.05, 0) is 55.4 Å². The van der Waals surface area contributed by atoms with Crippen LogP contribution in [0.5, 0.6) is 5.75 Å². The van der Waals surface area contributed by atoms with Crippen molar-refractivity contribution in [1.82, 2.24) is 0 Å². The standard InChI is InChI=1S/C17H26O2/c1-5-13-11-15(18-7-3)9-8-14(13)10-12(4)17-16(6-2)19-17/h8-9,11-12,16-17H,5-7,10H2,1-4H3. The molecule has 2 heteroatoms. The van der Waals surface area contributed by atoms with E-state index in [0.717, 1.165) is 31.6 Å². The van der Waals surface area contributed by atoms with Crippen LogP contribution in [0.1, 0.15) is 45.2 Å². The van der Waals surface area contributed by atoms with Crippen LogP contribution in [0.4, 0.5) is 0 Å². The molecule has 1 aromatic carbocycles. The van der Waals surface area contributed by atoms with E-state index >= 15 is 0 Å². The van der Waals surface area contributed by atoms with Crippen molar-refractivity contribution in [3.05, 3.63) is 29.3 Å². The highest BCUT2D eigenvalue weighted by Crippen LogP contribution is 2.34. The lowest BCUT2D eigenvalue weighted by Gasteiger charge is -2.14. The fraction of sp³-hybridized carbons (Fsp3) is 0.647. The molecule has 1 saturated heterocycles. The van der Waals surface area contributed by atoms with Gasteiger partial charge in [-0.25, -0.2) is 0 Å². The van der Waals surface area contributed by atoms with Crippen molar-refractivity contribution in [1.29, 1.82) is 0 Å². The molecule has 1 heterocycles. The summed E-state index contributed by atoms with van der Waals surface area (Å²) in [5.41, 5.74) is 2.86. The summed E-state index contributed by atoms with van der Waals surface area (Å²) in [5, 5.41) is 0.